The molecule has 9 heteroatoms. The molecule has 1 aromatic carbocycles. The van der Waals surface area contributed by atoms with Gasteiger partial charge in [0.15, 0.2) is 5.69 Å². The highest BCUT2D eigenvalue weighted by Gasteiger charge is 2.39. The molecule has 0 spiro atoms. The average molecular weight is 326 g/mol. The van der Waals surface area contributed by atoms with Crippen molar-refractivity contribution in [1.82, 2.24) is 15.1 Å². The second-order valence-electron chi connectivity index (χ2n) is 5.34. The van der Waals surface area contributed by atoms with Crippen LogP contribution in [0.25, 0.3) is 5.69 Å². The lowest BCUT2D eigenvalue weighted by Gasteiger charge is -2.16. The lowest BCUT2D eigenvalue weighted by atomic mass is 10.1. The molecule has 2 heterocycles. The van der Waals surface area contributed by atoms with Gasteiger partial charge in [-0.3, -0.25) is 10.1 Å². The second-order valence-corrected chi connectivity index (χ2v) is 5.34. The number of nitrogens with zero attached hydrogens (tertiary/aromatic N) is 3. The molecule has 6 nitrogen and oxygen atoms in total. The highest BCUT2D eigenvalue weighted by atomic mass is 19.4. The number of halogens is 3. The first-order valence-corrected chi connectivity index (χ1v) is 6.93. The van der Waals surface area contributed by atoms with E-state index in [-0.39, 0.29) is 23.5 Å². The number of aryl methyl sites for hydroxylation is 1. The quantitative estimate of drug-likeness (QED) is 0.680. The van der Waals surface area contributed by atoms with Gasteiger partial charge in [0, 0.05) is 36.7 Å². The van der Waals surface area contributed by atoms with E-state index < -0.39 is 16.8 Å². The molecule has 0 saturated heterocycles. The summed E-state index contributed by atoms with van der Waals surface area (Å²) >= 11 is 0. The highest BCUT2D eigenvalue weighted by molar-refractivity contribution is 5.50. The molecule has 0 atom stereocenters. The molecule has 2 aromatic rings. The van der Waals surface area contributed by atoms with Crippen LogP contribution in [0.1, 0.15) is 22.5 Å². The third-order valence-electron chi connectivity index (χ3n) is 3.83. The van der Waals surface area contributed by atoms with Crippen LogP contribution in [-0.2, 0) is 19.1 Å². The first kappa shape index (κ1) is 15.5. The van der Waals surface area contributed by atoms with Crippen molar-refractivity contribution in [2.45, 2.75) is 26.1 Å². The SMILES string of the molecule is Cc1ccc(-n2nc(C(F)(F)F)c3c2CCNC3)cc1[N+](=O)[O-]. The molecule has 1 aliphatic heterocycles. The largest absolute Gasteiger partial charge is 0.435 e. The molecule has 1 aromatic heterocycles. The average Bonchev–Trinajstić information content (AvgIpc) is 2.87. The Morgan fingerprint density at radius 3 is 2.78 bits per heavy atom. The molecule has 0 fully saturated rings. The van der Waals surface area contributed by atoms with Gasteiger partial charge in [-0.2, -0.15) is 18.3 Å². The Morgan fingerprint density at radius 1 is 1.39 bits per heavy atom. The Morgan fingerprint density at radius 2 is 2.13 bits per heavy atom. The summed E-state index contributed by atoms with van der Waals surface area (Å²) in [7, 11) is 0. The summed E-state index contributed by atoms with van der Waals surface area (Å²) in [4.78, 5) is 10.5. The summed E-state index contributed by atoms with van der Waals surface area (Å²) in [5, 5.41) is 17.6. The van der Waals surface area contributed by atoms with Gasteiger partial charge in [0.05, 0.1) is 16.3 Å². The topological polar surface area (TPSA) is 73.0 Å². The molecule has 0 radical (unpaired) electrons. The zero-order valence-electron chi connectivity index (χ0n) is 12.1. The third kappa shape index (κ3) is 2.67. The van der Waals surface area contributed by atoms with Gasteiger partial charge >= 0.3 is 6.18 Å². The van der Waals surface area contributed by atoms with E-state index in [1.165, 1.54) is 22.9 Å². The number of aromatic nitrogens is 2. The van der Waals surface area contributed by atoms with Crippen molar-refractivity contribution in [2.24, 2.45) is 0 Å². The third-order valence-corrected chi connectivity index (χ3v) is 3.83. The predicted octanol–water partition coefficient (Wildman–Crippen LogP) is 2.75. The van der Waals surface area contributed by atoms with Crippen LogP contribution in [0.2, 0.25) is 0 Å². The molecule has 0 amide bonds. The van der Waals surface area contributed by atoms with Gasteiger partial charge in [-0.25, -0.2) is 4.68 Å². The molecule has 122 valence electrons. The van der Waals surface area contributed by atoms with Gasteiger partial charge in [0.2, 0.25) is 0 Å². The number of nitro benzene ring substituents is 1. The predicted molar refractivity (Wildman–Crippen MR) is 75.4 cm³/mol. The molecule has 1 aliphatic rings. The van der Waals surface area contributed by atoms with Crippen molar-refractivity contribution in [1.29, 1.82) is 0 Å². The van der Waals surface area contributed by atoms with Gasteiger partial charge in [0.1, 0.15) is 0 Å². The van der Waals surface area contributed by atoms with Crippen molar-refractivity contribution < 1.29 is 18.1 Å². The van der Waals surface area contributed by atoms with E-state index in [9.17, 15) is 23.3 Å². The van der Waals surface area contributed by atoms with Gasteiger partial charge in [0.25, 0.3) is 5.69 Å². The van der Waals surface area contributed by atoms with E-state index in [2.05, 4.69) is 10.4 Å². The van der Waals surface area contributed by atoms with Crippen LogP contribution in [-0.4, -0.2) is 21.2 Å². The first-order chi connectivity index (χ1) is 10.8. The molecule has 0 bridgehead atoms. The van der Waals surface area contributed by atoms with E-state index in [0.717, 1.165) is 0 Å². The van der Waals surface area contributed by atoms with Crippen molar-refractivity contribution in [2.75, 3.05) is 6.54 Å². The van der Waals surface area contributed by atoms with Crippen molar-refractivity contribution in [3.8, 4) is 5.69 Å². The Hall–Kier alpha value is -2.42. The van der Waals surface area contributed by atoms with Crippen LogP contribution in [0.3, 0.4) is 0 Å². The Labute approximate surface area is 129 Å². The molecule has 1 N–H and O–H groups in total. The fraction of sp³-hybridized carbons (Fsp3) is 0.357. The van der Waals surface area contributed by atoms with Crippen LogP contribution in [0.4, 0.5) is 18.9 Å². The van der Waals surface area contributed by atoms with Crippen LogP contribution in [0, 0.1) is 17.0 Å². The van der Waals surface area contributed by atoms with Gasteiger partial charge in [-0.1, -0.05) is 6.07 Å². The van der Waals surface area contributed by atoms with E-state index >= 15 is 0 Å². The lowest BCUT2D eigenvalue weighted by Crippen LogP contribution is -2.25. The number of hydrogen-bond donors (Lipinski definition) is 1. The lowest BCUT2D eigenvalue weighted by molar-refractivity contribution is -0.385. The Balaban J connectivity index is 2.19. The van der Waals surface area contributed by atoms with E-state index in [1.54, 1.807) is 6.92 Å². The van der Waals surface area contributed by atoms with Crippen LogP contribution < -0.4 is 5.32 Å². The van der Waals surface area contributed by atoms with Crippen molar-refractivity contribution in [3.05, 3.63) is 50.8 Å². The molecular formula is C14H13F3N4O2. The minimum Gasteiger partial charge on any atom is -0.312 e. The molecule has 23 heavy (non-hydrogen) atoms. The zero-order chi connectivity index (χ0) is 16.8. The van der Waals surface area contributed by atoms with E-state index in [1.807, 2.05) is 0 Å². The highest BCUT2D eigenvalue weighted by Crippen LogP contribution is 2.35. The Bertz CT molecular complexity index is 783. The van der Waals surface area contributed by atoms with Crippen molar-refractivity contribution in [3.63, 3.8) is 0 Å². The molecule has 0 aliphatic carbocycles. The minimum atomic E-state index is -4.56. The van der Waals surface area contributed by atoms with E-state index in [4.69, 9.17) is 0 Å². The smallest absolute Gasteiger partial charge is 0.312 e. The fourth-order valence-electron chi connectivity index (χ4n) is 2.72. The van der Waals surface area contributed by atoms with Crippen LogP contribution in [0.15, 0.2) is 18.2 Å². The number of benzene rings is 1. The van der Waals surface area contributed by atoms with Crippen LogP contribution >= 0.6 is 0 Å². The van der Waals surface area contributed by atoms with Gasteiger partial charge in [-0.05, 0) is 13.0 Å². The number of fused-ring (bicyclic) bond motifs is 1. The summed E-state index contributed by atoms with van der Waals surface area (Å²) in [5.74, 6) is 0. The Kier molecular flexibility index (Phi) is 3.59. The maximum atomic E-state index is 13.2. The van der Waals surface area contributed by atoms with Crippen molar-refractivity contribution >= 4 is 5.69 Å². The fourth-order valence-corrected chi connectivity index (χ4v) is 2.72. The number of nitro groups is 1. The molecule has 0 saturated carbocycles. The molecule has 0 unspecified atom stereocenters. The normalized spacial score (nSPS) is 14.6. The maximum Gasteiger partial charge on any atom is 0.435 e. The number of nitrogens with one attached hydrogen (secondary N) is 1. The summed E-state index contributed by atoms with van der Waals surface area (Å²) in [6, 6.07) is 4.30. The molecule has 3 rings (SSSR count). The number of rotatable bonds is 2. The number of hydrogen-bond acceptors (Lipinski definition) is 4. The standard InChI is InChI=1S/C14H13F3N4O2/c1-8-2-3-9(6-12(8)21(22)23)20-11-4-5-18-7-10(11)13(19-20)14(15,16)17/h2-3,6,18H,4-5,7H2,1H3. The maximum absolute atomic E-state index is 13.2. The monoisotopic (exact) mass is 326 g/mol. The second kappa shape index (κ2) is 5.34. The minimum absolute atomic E-state index is 0.0815. The van der Waals surface area contributed by atoms with E-state index in [0.29, 0.717) is 24.2 Å². The summed E-state index contributed by atoms with van der Waals surface area (Å²) < 4.78 is 40.7. The molecular weight excluding hydrogens is 313 g/mol. The summed E-state index contributed by atoms with van der Waals surface area (Å²) in [5.41, 5.74) is 0.159. The summed E-state index contributed by atoms with van der Waals surface area (Å²) in [6.07, 6.45) is -4.19. The zero-order valence-corrected chi connectivity index (χ0v) is 12.1. The van der Waals surface area contributed by atoms with Crippen LogP contribution in [0.5, 0.6) is 0 Å². The summed E-state index contributed by atoms with van der Waals surface area (Å²) in [6.45, 7) is 2.19. The first-order valence-electron chi connectivity index (χ1n) is 6.93. The van der Waals surface area contributed by atoms with Gasteiger partial charge < -0.3 is 5.32 Å². The van der Waals surface area contributed by atoms with Gasteiger partial charge in [-0.15, -0.1) is 0 Å². The number of alkyl halides is 3.